The Kier molecular flexibility index (Phi) is 3.94. The van der Waals surface area contributed by atoms with Gasteiger partial charge < -0.3 is 4.74 Å². The number of nitrogens with zero attached hydrogens (tertiary/aromatic N) is 4. The normalized spacial score (nSPS) is 14.3. The van der Waals surface area contributed by atoms with Crippen LogP contribution >= 0.6 is 0 Å². The number of anilines is 1. The van der Waals surface area contributed by atoms with E-state index in [2.05, 4.69) is 10.1 Å². The lowest BCUT2D eigenvalue weighted by Crippen LogP contribution is -2.32. The predicted octanol–water partition coefficient (Wildman–Crippen LogP) is 1.82. The second-order valence-electron chi connectivity index (χ2n) is 5.39. The third kappa shape index (κ3) is 2.41. The number of methoxy groups -OCH3 is 1. The van der Waals surface area contributed by atoms with Crippen LogP contribution < -0.4 is 9.04 Å². The average Bonchev–Trinajstić information content (AvgIpc) is 3.07. The molecule has 0 aliphatic carbocycles. The standard InChI is InChI=1S/C14H16F2N4O3S/c1-8-11(12(15)16)14(19(2)18-8)24(21,22)20-7-6-9-4-5-10(23-3)17-13(9)20/h4-5,12H,6-7H2,1-3H3. The van der Waals surface area contributed by atoms with Crippen molar-refractivity contribution in [1.82, 2.24) is 14.8 Å². The van der Waals surface area contributed by atoms with E-state index in [1.807, 2.05) is 0 Å². The monoisotopic (exact) mass is 358 g/mol. The number of hydrogen-bond donors (Lipinski definition) is 0. The summed E-state index contributed by atoms with van der Waals surface area (Å²) in [6.45, 7) is 1.49. The molecule has 3 rings (SSSR count). The van der Waals surface area contributed by atoms with Crippen LogP contribution in [0.25, 0.3) is 0 Å². The van der Waals surface area contributed by atoms with Crippen molar-refractivity contribution in [3.8, 4) is 5.88 Å². The minimum Gasteiger partial charge on any atom is -0.481 e. The summed E-state index contributed by atoms with van der Waals surface area (Å²) >= 11 is 0. The summed E-state index contributed by atoms with van der Waals surface area (Å²) in [5.41, 5.74) is 0.134. The largest absolute Gasteiger partial charge is 0.481 e. The van der Waals surface area contributed by atoms with E-state index in [4.69, 9.17) is 4.74 Å². The topological polar surface area (TPSA) is 77.3 Å². The number of sulfonamides is 1. The maximum absolute atomic E-state index is 13.4. The summed E-state index contributed by atoms with van der Waals surface area (Å²) < 4.78 is 59.8. The molecule has 2 aromatic heterocycles. The third-order valence-electron chi connectivity index (χ3n) is 3.93. The molecule has 24 heavy (non-hydrogen) atoms. The second-order valence-corrected chi connectivity index (χ2v) is 7.17. The van der Waals surface area contributed by atoms with E-state index in [0.29, 0.717) is 6.42 Å². The van der Waals surface area contributed by atoms with E-state index in [1.165, 1.54) is 21.1 Å². The highest BCUT2D eigenvalue weighted by molar-refractivity contribution is 7.92. The highest BCUT2D eigenvalue weighted by Crippen LogP contribution is 2.36. The lowest BCUT2D eigenvalue weighted by atomic mass is 10.2. The molecule has 2 aromatic rings. The van der Waals surface area contributed by atoms with Crippen LogP contribution in [0, 0.1) is 6.92 Å². The first-order valence-electron chi connectivity index (χ1n) is 7.15. The van der Waals surface area contributed by atoms with E-state index >= 15 is 0 Å². The van der Waals surface area contributed by atoms with Gasteiger partial charge in [0.25, 0.3) is 16.4 Å². The molecule has 0 aromatic carbocycles. The quantitative estimate of drug-likeness (QED) is 0.833. The van der Waals surface area contributed by atoms with Gasteiger partial charge in [-0.15, -0.1) is 0 Å². The molecule has 0 atom stereocenters. The summed E-state index contributed by atoms with van der Waals surface area (Å²) in [5.74, 6) is 0.458. The van der Waals surface area contributed by atoms with E-state index in [1.54, 1.807) is 12.1 Å². The minimum absolute atomic E-state index is 0.0101. The molecule has 0 spiro atoms. The molecule has 10 heteroatoms. The first-order chi connectivity index (χ1) is 11.3. The van der Waals surface area contributed by atoms with Crippen molar-refractivity contribution < 1.29 is 21.9 Å². The molecule has 0 N–H and O–H groups in total. The second kappa shape index (κ2) is 5.69. The Balaban J connectivity index is 2.16. The van der Waals surface area contributed by atoms with Gasteiger partial charge in [0.2, 0.25) is 5.88 Å². The molecule has 1 aliphatic rings. The van der Waals surface area contributed by atoms with Gasteiger partial charge >= 0.3 is 0 Å². The van der Waals surface area contributed by atoms with E-state index in [9.17, 15) is 17.2 Å². The highest BCUT2D eigenvalue weighted by atomic mass is 32.2. The molecule has 7 nitrogen and oxygen atoms in total. The van der Waals surface area contributed by atoms with Gasteiger partial charge in [-0.2, -0.15) is 18.5 Å². The van der Waals surface area contributed by atoms with Gasteiger partial charge in [-0.1, -0.05) is 0 Å². The summed E-state index contributed by atoms with van der Waals surface area (Å²) in [7, 11) is -1.47. The molecular formula is C14H16F2N4O3S. The lowest BCUT2D eigenvalue weighted by Gasteiger charge is -2.19. The van der Waals surface area contributed by atoms with E-state index in [0.717, 1.165) is 14.6 Å². The van der Waals surface area contributed by atoms with Crippen molar-refractivity contribution >= 4 is 15.8 Å². The number of aryl methyl sites for hydroxylation is 2. The SMILES string of the molecule is COc1ccc2c(n1)N(S(=O)(=O)c1c(C(F)F)c(C)nn1C)CC2. The maximum Gasteiger partial charge on any atom is 0.283 e. The number of ether oxygens (including phenoxy) is 1. The Bertz CT molecular complexity index is 896. The van der Waals surface area contributed by atoms with Gasteiger partial charge in [0.15, 0.2) is 5.03 Å². The van der Waals surface area contributed by atoms with Crippen LogP contribution in [0.2, 0.25) is 0 Å². The number of halogens is 2. The fourth-order valence-electron chi connectivity index (χ4n) is 2.86. The number of aromatic nitrogens is 3. The fourth-order valence-corrected chi connectivity index (χ4v) is 4.68. The van der Waals surface area contributed by atoms with Gasteiger partial charge in [0.1, 0.15) is 5.82 Å². The Morgan fingerprint density at radius 2 is 2.04 bits per heavy atom. The molecular weight excluding hydrogens is 342 g/mol. The third-order valence-corrected chi connectivity index (χ3v) is 5.84. The molecule has 0 fully saturated rings. The molecule has 0 amide bonds. The zero-order valence-corrected chi connectivity index (χ0v) is 14.1. The number of fused-ring (bicyclic) bond motifs is 1. The van der Waals surface area contributed by atoms with Crippen LogP contribution in [-0.2, 0) is 23.5 Å². The zero-order valence-electron chi connectivity index (χ0n) is 13.3. The lowest BCUT2D eigenvalue weighted by molar-refractivity contribution is 0.146. The van der Waals surface area contributed by atoms with Gasteiger partial charge in [-0.25, -0.2) is 13.1 Å². The van der Waals surface area contributed by atoms with Crippen LogP contribution in [0.15, 0.2) is 17.2 Å². The van der Waals surface area contributed by atoms with Crippen molar-refractivity contribution in [3.63, 3.8) is 0 Å². The summed E-state index contributed by atoms with van der Waals surface area (Å²) in [4.78, 5) is 4.16. The smallest absolute Gasteiger partial charge is 0.283 e. The highest BCUT2D eigenvalue weighted by Gasteiger charge is 2.39. The maximum atomic E-state index is 13.4. The molecule has 1 aliphatic heterocycles. The average molecular weight is 358 g/mol. The summed E-state index contributed by atoms with van der Waals surface area (Å²) in [6, 6.07) is 3.35. The Morgan fingerprint density at radius 1 is 1.33 bits per heavy atom. The first-order valence-corrected chi connectivity index (χ1v) is 8.59. The van der Waals surface area contributed by atoms with Gasteiger partial charge in [0.05, 0.1) is 18.4 Å². The van der Waals surface area contributed by atoms with E-state index in [-0.39, 0.29) is 23.9 Å². The molecule has 3 heterocycles. The number of rotatable bonds is 4. The fraction of sp³-hybridized carbons (Fsp3) is 0.429. The predicted molar refractivity (Wildman–Crippen MR) is 81.9 cm³/mol. The van der Waals surface area contributed by atoms with Gasteiger partial charge in [-0.05, 0) is 25.0 Å². The van der Waals surface area contributed by atoms with Gasteiger partial charge in [0, 0.05) is 19.7 Å². The molecule has 0 radical (unpaired) electrons. The van der Waals surface area contributed by atoms with Crippen molar-refractivity contribution in [2.24, 2.45) is 7.05 Å². The Morgan fingerprint density at radius 3 is 2.67 bits per heavy atom. The molecule has 0 unspecified atom stereocenters. The Hall–Kier alpha value is -2.23. The van der Waals surface area contributed by atoms with Crippen LogP contribution in [0.1, 0.15) is 23.2 Å². The number of pyridine rings is 1. The zero-order chi connectivity index (χ0) is 17.6. The van der Waals surface area contributed by atoms with Crippen LogP contribution in [0.4, 0.5) is 14.6 Å². The first kappa shape index (κ1) is 16.6. The molecule has 0 saturated carbocycles. The summed E-state index contributed by atoms with van der Waals surface area (Å²) in [5, 5.41) is 3.34. The molecule has 0 saturated heterocycles. The van der Waals surface area contributed by atoms with Crippen molar-refractivity contribution in [3.05, 3.63) is 29.0 Å². The Labute approximate surface area is 137 Å². The summed E-state index contributed by atoms with van der Waals surface area (Å²) in [6.07, 6.45) is -2.49. The van der Waals surface area contributed by atoms with Crippen molar-refractivity contribution in [1.29, 1.82) is 0 Å². The molecule has 130 valence electrons. The van der Waals surface area contributed by atoms with Crippen LogP contribution in [-0.4, -0.2) is 36.8 Å². The van der Waals surface area contributed by atoms with Gasteiger partial charge in [-0.3, -0.25) is 4.68 Å². The van der Waals surface area contributed by atoms with Crippen LogP contribution in [0.5, 0.6) is 5.88 Å². The number of alkyl halides is 2. The van der Waals surface area contributed by atoms with E-state index < -0.39 is 27.0 Å². The number of hydrogen-bond acceptors (Lipinski definition) is 5. The molecule has 0 bridgehead atoms. The minimum atomic E-state index is -4.23. The van der Waals surface area contributed by atoms with Crippen molar-refractivity contribution in [2.75, 3.05) is 18.0 Å². The van der Waals surface area contributed by atoms with Crippen LogP contribution in [0.3, 0.4) is 0 Å². The van der Waals surface area contributed by atoms with Crippen molar-refractivity contribution in [2.45, 2.75) is 24.8 Å².